The molecule has 0 heterocycles. The summed E-state index contributed by atoms with van der Waals surface area (Å²) in [4.78, 5) is 30.3. The predicted octanol–water partition coefficient (Wildman–Crippen LogP) is 6.00. The van der Waals surface area contributed by atoms with Gasteiger partial charge in [-0.3, -0.25) is 9.59 Å². The van der Waals surface area contributed by atoms with Gasteiger partial charge in [-0.15, -0.1) is 0 Å². The molecule has 0 aliphatic rings. The average molecular weight is 425 g/mol. The molecule has 0 unspecified atom stereocenters. The van der Waals surface area contributed by atoms with Crippen molar-refractivity contribution >= 4 is 11.8 Å². The highest BCUT2D eigenvalue weighted by Crippen LogP contribution is 2.31. The van der Waals surface area contributed by atoms with E-state index in [0.29, 0.717) is 22.6 Å². The molecule has 2 aromatic carbocycles. The fraction of sp³-hybridized carbons (Fsp3) is 0.462. The first kappa shape index (κ1) is 24.4. The Morgan fingerprint density at radius 2 is 0.871 bits per heavy atom. The summed E-state index contributed by atoms with van der Waals surface area (Å²) in [5.41, 5.74) is 0.966. The van der Waals surface area contributed by atoms with E-state index in [-0.39, 0.29) is 36.0 Å². The number of carbonyl (C=O) groups is 2. The predicted molar refractivity (Wildman–Crippen MR) is 126 cm³/mol. The highest BCUT2D eigenvalue weighted by Gasteiger charge is 2.27. The molecular formula is C26H36N2O3. The maximum absolute atomic E-state index is 13.3. The number of amides is 2. The highest BCUT2D eigenvalue weighted by atomic mass is 16.5. The van der Waals surface area contributed by atoms with Crippen LogP contribution in [0.3, 0.4) is 0 Å². The Morgan fingerprint density at radius 1 is 0.581 bits per heavy atom. The van der Waals surface area contributed by atoms with E-state index in [2.05, 4.69) is 0 Å². The molecule has 0 saturated heterocycles. The number of benzene rings is 2. The van der Waals surface area contributed by atoms with Crippen molar-refractivity contribution in [2.75, 3.05) is 0 Å². The molecule has 0 atom stereocenters. The van der Waals surface area contributed by atoms with E-state index in [0.717, 1.165) is 0 Å². The molecule has 5 nitrogen and oxygen atoms in total. The second-order valence-electron chi connectivity index (χ2n) is 8.89. The van der Waals surface area contributed by atoms with Crippen LogP contribution in [0.1, 0.15) is 76.1 Å². The molecule has 0 aromatic heterocycles. The number of hydrogen-bond donors (Lipinski definition) is 0. The van der Waals surface area contributed by atoms with Crippen LogP contribution < -0.4 is 4.74 Å². The van der Waals surface area contributed by atoms with Gasteiger partial charge in [0.15, 0.2) is 0 Å². The molecular weight excluding hydrogens is 388 g/mol. The number of rotatable bonds is 8. The van der Waals surface area contributed by atoms with Crippen LogP contribution >= 0.6 is 0 Å². The minimum Gasteiger partial charge on any atom is -0.456 e. The Labute approximate surface area is 187 Å². The van der Waals surface area contributed by atoms with Crippen LogP contribution in [-0.2, 0) is 0 Å². The Hall–Kier alpha value is -2.82. The molecule has 0 spiro atoms. The third kappa shape index (κ3) is 5.66. The third-order valence-corrected chi connectivity index (χ3v) is 5.15. The van der Waals surface area contributed by atoms with Crippen molar-refractivity contribution in [2.24, 2.45) is 0 Å². The largest absolute Gasteiger partial charge is 0.456 e. The minimum atomic E-state index is -0.0876. The summed E-state index contributed by atoms with van der Waals surface area (Å²) in [6, 6.07) is 14.6. The lowest BCUT2D eigenvalue weighted by Gasteiger charge is -2.32. The first-order valence-electron chi connectivity index (χ1n) is 11.1. The quantitative estimate of drug-likeness (QED) is 0.522. The third-order valence-electron chi connectivity index (χ3n) is 5.15. The molecule has 5 heteroatoms. The summed E-state index contributed by atoms with van der Waals surface area (Å²) in [5.74, 6) is 0.713. The van der Waals surface area contributed by atoms with Crippen LogP contribution in [0.15, 0.2) is 48.5 Å². The number of para-hydroxylation sites is 2. The van der Waals surface area contributed by atoms with Gasteiger partial charge in [-0.25, -0.2) is 0 Å². The van der Waals surface area contributed by atoms with Crippen molar-refractivity contribution in [1.29, 1.82) is 0 Å². The molecule has 2 rings (SSSR count). The zero-order valence-corrected chi connectivity index (χ0v) is 20.0. The monoisotopic (exact) mass is 424 g/mol. The molecule has 0 bridgehead atoms. The average Bonchev–Trinajstić information content (AvgIpc) is 2.67. The summed E-state index contributed by atoms with van der Waals surface area (Å²) in [6.45, 7) is 16.0. The van der Waals surface area contributed by atoms with E-state index in [1.54, 1.807) is 24.3 Å². The van der Waals surface area contributed by atoms with Crippen LogP contribution in [0.25, 0.3) is 0 Å². The van der Waals surface area contributed by atoms with E-state index in [4.69, 9.17) is 4.74 Å². The molecule has 0 aliphatic carbocycles. The summed E-state index contributed by atoms with van der Waals surface area (Å²) < 4.78 is 6.21. The Bertz CT molecular complexity index is 814. The van der Waals surface area contributed by atoms with Crippen molar-refractivity contribution in [3.63, 3.8) is 0 Å². The first-order chi connectivity index (χ1) is 14.6. The SMILES string of the molecule is CC(C)N(C(=O)c1ccccc1Oc1ccccc1C(=O)N(C(C)C)C(C)C)C(C)C. The first-order valence-corrected chi connectivity index (χ1v) is 11.1. The van der Waals surface area contributed by atoms with Gasteiger partial charge in [0.05, 0.1) is 11.1 Å². The van der Waals surface area contributed by atoms with Gasteiger partial charge >= 0.3 is 0 Å². The maximum atomic E-state index is 13.3. The Balaban J connectivity index is 2.46. The van der Waals surface area contributed by atoms with E-state index >= 15 is 0 Å². The zero-order chi connectivity index (χ0) is 23.3. The van der Waals surface area contributed by atoms with E-state index in [1.807, 2.05) is 89.5 Å². The van der Waals surface area contributed by atoms with Gasteiger partial charge in [0, 0.05) is 24.2 Å². The molecule has 0 saturated carbocycles. The van der Waals surface area contributed by atoms with E-state index in [1.165, 1.54) is 0 Å². The highest BCUT2D eigenvalue weighted by molar-refractivity contribution is 5.99. The summed E-state index contributed by atoms with van der Waals surface area (Å²) in [7, 11) is 0. The molecule has 31 heavy (non-hydrogen) atoms. The summed E-state index contributed by atoms with van der Waals surface area (Å²) in [6.07, 6.45) is 0. The van der Waals surface area contributed by atoms with Crippen molar-refractivity contribution in [1.82, 2.24) is 9.80 Å². The molecule has 2 amide bonds. The van der Waals surface area contributed by atoms with Gasteiger partial charge in [0.1, 0.15) is 11.5 Å². The van der Waals surface area contributed by atoms with Crippen molar-refractivity contribution < 1.29 is 14.3 Å². The molecule has 0 fully saturated rings. The van der Waals surface area contributed by atoms with E-state index < -0.39 is 0 Å². The maximum Gasteiger partial charge on any atom is 0.258 e. The van der Waals surface area contributed by atoms with Crippen molar-refractivity contribution in [2.45, 2.75) is 79.6 Å². The Morgan fingerprint density at radius 3 is 1.16 bits per heavy atom. The van der Waals surface area contributed by atoms with Crippen LogP contribution in [0.2, 0.25) is 0 Å². The Kier molecular flexibility index (Phi) is 8.26. The van der Waals surface area contributed by atoms with Gasteiger partial charge in [-0.05, 0) is 79.7 Å². The number of ether oxygens (including phenoxy) is 1. The second kappa shape index (κ2) is 10.5. The molecule has 0 N–H and O–H groups in total. The van der Waals surface area contributed by atoms with Crippen LogP contribution in [0.4, 0.5) is 0 Å². The lowest BCUT2D eigenvalue weighted by Crippen LogP contribution is -2.42. The smallest absolute Gasteiger partial charge is 0.258 e. The van der Waals surface area contributed by atoms with Gasteiger partial charge in [0.2, 0.25) is 0 Å². The molecule has 0 aliphatic heterocycles. The van der Waals surface area contributed by atoms with Gasteiger partial charge in [0.25, 0.3) is 11.8 Å². The van der Waals surface area contributed by atoms with Crippen LogP contribution in [0, 0.1) is 0 Å². The fourth-order valence-corrected chi connectivity index (χ4v) is 3.99. The van der Waals surface area contributed by atoms with E-state index in [9.17, 15) is 9.59 Å². The molecule has 2 aromatic rings. The number of nitrogens with zero attached hydrogens (tertiary/aromatic N) is 2. The summed E-state index contributed by atoms with van der Waals surface area (Å²) in [5, 5.41) is 0. The van der Waals surface area contributed by atoms with Gasteiger partial charge < -0.3 is 14.5 Å². The van der Waals surface area contributed by atoms with Gasteiger partial charge in [-0.2, -0.15) is 0 Å². The van der Waals surface area contributed by atoms with Crippen molar-refractivity contribution in [3.8, 4) is 11.5 Å². The van der Waals surface area contributed by atoms with Gasteiger partial charge in [-0.1, -0.05) is 24.3 Å². The zero-order valence-electron chi connectivity index (χ0n) is 20.0. The molecule has 168 valence electrons. The standard InChI is InChI=1S/C26H36N2O3/c1-17(2)27(18(3)4)25(29)21-13-9-11-15-23(21)31-24-16-12-10-14-22(24)26(30)28(19(5)6)20(7)8/h9-20H,1-8H3. The normalized spacial score (nSPS) is 11.4. The number of carbonyl (C=O) groups excluding carboxylic acids is 2. The number of hydrogen-bond acceptors (Lipinski definition) is 3. The fourth-order valence-electron chi connectivity index (χ4n) is 3.99. The summed E-state index contributed by atoms with van der Waals surface area (Å²) >= 11 is 0. The van der Waals surface area contributed by atoms with Crippen molar-refractivity contribution in [3.05, 3.63) is 59.7 Å². The van der Waals surface area contributed by atoms with Crippen LogP contribution in [0.5, 0.6) is 11.5 Å². The lowest BCUT2D eigenvalue weighted by molar-refractivity contribution is 0.0636. The topological polar surface area (TPSA) is 49.9 Å². The minimum absolute atomic E-state index is 0.0556. The second-order valence-corrected chi connectivity index (χ2v) is 8.89. The van der Waals surface area contributed by atoms with Crippen LogP contribution in [-0.4, -0.2) is 45.8 Å². The lowest BCUT2D eigenvalue weighted by atomic mass is 10.1. The molecule has 0 radical (unpaired) electrons.